The summed E-state index contributed by atoms with van der Waals surface area (Å²) in [5, 5.41) is 0. The van der Waals surface area contributed by atoms with Gasteiger partial charge in [-0.15, -0.1) is 6.42 Å². The number of halogens is 1. The number of carbonyl (C=O) groups is 1. The molecule has 1 aliphatic rings. The maximum Gasteiger partial charge on any atom is 0.338 e. The number of aromatic nitrogens is 1. The van der Waals surface area contributed by atoms with Crippen LogP contribution in [0.1, 0.15) is 63.3 Å². The third-order valence-electron chi connectivity index (χ3n) is 6.37. The number of rotatable bonds is 9. The van der Waals surface area contributed by atoms with Gasteiger partial charge in [-0.05, 0) is 77.5 Å². The van der Waals surface area contributed by atoms with E-state index < -0.39 is 12.0 Å². The fourth-order valence-corrected chi connectivity index (χ4v) is 6.13. The largest absolute Gasteiger partial charge is 0.490 e. The zero-order valence-electron chi connectivity index (χ0n) is 23.1. The third kappa shape index (κ3) is 5.93. The number of carbonyl (C=O) groups excluding carboxylic acids is 1. The summed E-state index contributed by atoms with van der Waals surface area (Å²) in [5.41, 5.74) is 3.34. The van der Waals surface area contributed by atoms with Gasteiger partial charge in [0.15, 0.2) is 16.3 Å². The SMILES string of the molecule is C#CCOc1c(Br)cc(/C=c2\sc3n(c2=O)C(c2ccc(C(C)C)cc2)C(C(=O)OCC)=C(C)N=3)cc1OCC. The molecule has 1 aliphatic heterocycles. The summed E-state index contributed by atoms with van der Waals surface area (Å²) in [7, 11) is 0. The highest BCUT2D eigenvalue weighted by atomic mass is 79.9. The summed E-state index contributed by atoms with van der Waals surface area (Å²) < 4.78 is 19.5. The van der Waals surface area contributed by atoms with Crippen LogP contribution in [0.2, 0.25) is 0 Å². The number of benzene rings is 2. The van der Waals surface area contributed by atoms with Crippen molar-refractivity contribution in [3.63, 3.8) is 0 Å². The van der Waals surface area contributed by atoms with Crippen molar-refractivity contribution in [3.8, 4) is 23.8 Å². The van der Waals surface area contributed by atoms with Crippen molar-refractivity contribution < 1.29 is 19.0 Å². The molecule has 0 N–H and O–H groups in total. The Morgan fingerprint density at radius 2 is 1.93 bits per heavy atom. The van der Waals surface area contributed by atoms with Gasteiger partial charge in [-0.25, -0.2) is 9.79 Å². The summed E-state index contributed by atoms with van der Waals surface area (Å²) in [6.45, 7) is 10.4. The number of nitrogens with zero attached hydrogens (tertiary/aromatic N) is 2. The van der Waals surface area contributed by atoms with E-state index in [1.165, 1.54) is 16.9 Å². The molecule has 1 unspecified atom stereocenters. The molecular formula is C31H31BrN2O5S. The molecule has 2 heterocycles. The van der Waals surface area contributed by atoms with E-state index in [4.69, 9.17) is 20.6 Å². The standard InChI is InChI=1S/C31H31BrN2O5S/c1-7-14-39-28-23(32)15-20(16-24(28)37-8-2)17-25-29(35)34-27(22-12-10-21(11-13-22)18(4)5)26(30(36)38-9-3)19(6)33-31(34)40-25/h1,10-13,15-18,27H,8-9,14H2,2-6H3/b25-17-. The number of hydrogen-bond acceptors (Lipinski definition) is 7. The summed E-state index contributed by atoms with van der Waals surface area (Å²) in [5.74, 6) is 3.33. The second kappa shape index (κ2) is 12.7. The van der Waals surface area contributed by atoms with E-state index in [9.17, 15) is 9.59 Å². The third-order valence-corrected chi connectivity index (χ3v) is 7.94. The van der Waals surface area contributed by atoms with Crippen LogP contribution in [0.25, 0.3) is 6.08 Å². The van der Waals surface area contributed by atoms with Gasteiger partial charge in [0.2, 0.25) is 0 Å². The molecule has 1 atom stereocenters. The Morgan fingerprint density at radius 3 is 2.55 bits per heavy atom. The van der Waals surface area contributed by atoms with Gasteiger partial charge in [-0.2, -0.15) is 0 Å². The molecular weight excluding hydrogens is 592 g/mol. The van der Waals surface area contributed by atoms with E-state index in [0.29, 0.717) is 49.1 Å². The molecule has 0 radical (unpaired) electrons. The van der Waals surface area contributed by atoms with Crippen LogP contribution in [0.15, 0.2) is 61.9 Å². The summed E-state index contributed by atoms with van der Waals surface area (Å²) in [6.07, 6.45) is 7.14. The zero-order chi connectivity index (χ0) is 29.0. The number of allylic oxidation sites excluding steroid dienone is 1. The van der Waals surface area contributed by atoms with E-state index in [-0.39, 0.29) is 18.8 Å². The minimum atomic E-state index is -0.663. The Bertz CT molecular complexity index is 1680. The average molecular weight is 624 g/mol. The minimum Gasteiger partial charge on any atom is -0.490 e. The lowest BCUT2D eigenvalue weighted by Gasteiger charge is -2.25. The van der Waals surface area contributed by atoms with Gasteiger partial charge in [0.1, 0.15) is 6.61 Å². The van der Waals surface area contributed by atoms with Gasteiger partial charge in [0, 0.05) is 0 Å². The van der Waals surface area contributed by atoms with Gasteiger partial charge in [0.25, 0.3) is 5.56 Å². The molecule has 0 fully saturated rings. The van der Waals surface area contributed by atoms with Crippen LogP contribution in [-0.4, -0.2) is 30.4 Å². The minimum absolute atomic E-state index is 0.0942. The first-order valence-corrected chi connectivity index (χ1v) is 14.6. The molecule has 0 spiro atoms. The van der Waals surface area contributed by atoms with Crippen molar-refractivity contribution in [1.82, 2.24) is 4.57 Å². The average Bonchev–Trinajstić information content (AvgIpc) is 3.21. The highest BCUT2D eigenvalue weighted by Gasteiger charge is 2.33. The molecule has 9 heteroatoms. The lowest BCUT2D eigenvalue weighted by molar-refractivity contribution is -0.139. The molecule has 0 bridgehead atoms. The Balaban J connectivity index is 1.90. The molecule has 2 aromatic carbocycles. The smallest absolute Gasteiger partial charge is 0.338 e. The van der Waals surface area contributed by atoms with Crippen molar-refractivity contribution in [2.75, 3.05) is 19.8 Å². The van der Waals surface area contributed by atoms with Crippen LogP contribution in [0.5, 0.6) is 11.5 Å². The van der Waals surface area contributed by atoms with Gasteiger partial charge in [-0.1, -0.05) is 55.4 Å². The van der Waals surface area contributed by atoms with Gasteiger partial charge < -0.3 is 14.2 Å². The Hall–Kier alpha value is -3.61. The van der Waals surface area contributed by atoms with E-state index in [1.807, 2.05) is 37.3 Å². The topological polar surface area (TPSA) is 79.1 Å². The molecule has 4 rings (SSSR count). The van der Waals surface area contributed by atoms with Crippen molar-refractivity contribution in [3.05, 3.63) is 88.5 Å². The van der Waals surface area contributed by atoms with Crippen molar-refractivity contribution in [2.45, 2.75) is 46.6 Å². The molecule has 0 saturated carbocycles. The van der Waals surface area contributed by atoms with Crippen LogP contribution in [0.3, 0.4) is 0 Å². The lowest BCUT2D eigenvalue weighted by Crippen LogP contribution is -2.39. The van der Waals surface area contributed by atoms with Crippen molar-refractivity contribution >= 4 is 39.3 Å². The number of ether oxygens (including phenoxy) is 3. The molecule has 7 nitrogen and oxygen atoms in total. The molecule has 0 amide bonds. The molecule has 0 saturated heterocycles. The van der Waals surface area contributed by atoms with E-state index >= 15 is 0 Å². The monoisotopic (exact) mass is 622 g/mol. The van der Waals surface area contributed by atoms with E-state index in [2.05, 4.69) is 40.7 Å². The highest BCUT2D eigenvalue weighted by molar-refractivity contribution is 9.10. The van der Waals surface area contributed by atoms with Crippen molar-refractivity contribution in [1.29, 1.82) is 0 Å². The first kappa shape index (κ1) is 29.4. The summed E-state index contributed by atoms with van der Waals surface area (Å²) >= 11 is 4.80. The number of hydrogen-bond donors (Lipinski definition) is 0. The van der Waals surface area contributed by atoms with Crippen LogP contribution in [0, 0.1) is 12.3 Å². The molecule has 0 aliphatic carbocycles. The number of fused-ring (bicyclic) bond motifs is 1. The first-order valence-electron chi connectivity index (χ1n) is 13.0. The normalized spacial score (nSPS) is 14.9. The first-order chi connectivity index (χ1) is 19.2. The fraction of sp³-hybridized carbons (Fsp3) is 0.323. The van der Waals surface area contributed by atoms with E-state index in [0.717, 1.165) is 11.1 Å². The fourth-order valence-electron chi connectivity index (χ4n) is 4.51. The second-order valence-corrected chi connectivity index (χ2v) is 11.2. The molecule has 40 heavy (non-hydrogen) atoms. The van der Waals surface area contributed by atoms with Gasteiger partial charge in [0.05, 0.1) is 39.5 Å². The maximum atomic E-state index is 13.9. The second-order valence-electron chi connectivity index (χ2n) is 9.38. The number of thiazole rings is 1. The summed E-state index contributed by atoms with van der Waals surface area (Å²) in [4.78, 5) is 32.2. The van der Waals surface area contributed by atoms with Crippen LogP contribution in [0.4, 0.5) is 0 Å². The molecule has 1 aromatic heterocycles. The Morgan fingerprint density at radius 1 is 1.20 bits per heavy atom. The highest BCUT2D eigenvalue weighted by Crippen LogP contribution is 2.37. The van der Waals surface area contributed by atoms with Crippen LogP contribution < -0.4 is 24.4 Å². The predicted octanol–water partition coefficient (Wildman–Crippen LogP) is 5.09. The van der Waals surface area contributed by atoms with Gasteiger partial charge in [-0.3, -0.25) is 9.36 Å². The predicted molar refractivity (Wildman–Crippen MR) is 161 cm³/mol. The lowest BCUT2D eigenvalue weighted by atomic mass is 9.93. The molecule has 3 aromatic rings. The summed E-state index contributed by atoms with van der Waals surface area (Å²) in [6, 6.07) is 11.0. The quantitative estimate of drug-likeness (QED) is 0.245. The Labute approximate surface area is 245 Å². The van der Waals surface area contributed by atoms with E-state index in [1.54, 1.807) is 30.6 Å². The zero-order valence-corrected chi connectivity index (χ0v) is 25.5. The maximum absolute atomic E-state index is 13.9. The van der Waals surface area contributed by atoms with Crippen molar-refractivity contribution in [2.24, 2.45) is 4.99 Å². The van der Waals surface area contributed by atoms with Gasteiger partial charge >= 0.3 is 5.97 Å². The number of terminal acetylenes is 1. The van der Waals surface area contributed by atoms with Crippen LogP contribution >= 0.6 is 27.3 Å². The molecule has 208 valence electrons. The van der Waals surface area contributed by atoms with Crippen LogP contribution in [-0.2, 0) is 9.53 Å². The number of esters is 1. The Kier molecular flexibility index (Phi) is 9.33.